The molecule has 0 fully saturated rings. The molecule has 0 heterocycles. The molecule has 0 heteroatoms. The van der Waals surface area contributed by atoms with Gasteiger partial charge in [-0.3, -0.25) is 0 Å². The standard InChI is InChI=1S/C16H26.C2H6/c1-15(2,3)11-13-7-9-14(10-8-13)12-16(4,5)6;1-2/h7-10H,11-12H2,1-6H3;1-2H3. The van der Waals surface area contributed by atoms with Gasteiger partial charge in [-0.1, -0.05) is 79.7 Å². The Labute approximate surface area is 115 Å². The van der Waals surface area contributed by atoms with Crippen LogP contribution in [0.25, 0.3) is 0 Å². The zero-order valence-corrected chi connectivity index (χ0v) is 13.7. The molecule has 0 unspecified atom stereocenters. The summed E-state index contributed by atoms with van der Waals surface area (Å²) in [6, 6.07) is 9.14. The molecule has 1 aromatic rings. The Morgan fingerprint density at radius 2 is 0.833 bits per heavy atom. The minimum Gasteiger partial charge on any atom is -0.0683 e. The lowest BCUT2D eigenvalue weighted by Gasteiger charge is -2.20. The van der Waals surface area contributed by atoms with Crippen molar-refractivity contribution >= 4 is 0 Å². The summed E-state index contributed by atoms with van der Waals surface area (Å²) in [4.78, 5) is 0. The van der Waals surface area contributed by atoms with Gasteiger partial charge in [0.05, 0.1) is 0 Å². The number of benzene rings is 1. The van der Waals surface area contributed by atoms with Crippen LogP contribution in [0.2, 0.25) is 0 Å². The molecule has 1 aromatic carbocycles. The van der Waals surface area contributed by atoms with E-state index in [9.17, 15) is 0 Å². The molecule has 0 aliphatic carbocycles. The molecule has 0 saturated heterocycles. The molecule has 0 radical (unpaired) electrons. The first-order valence-corrected chi connectivity index (χ1v) is 7.24. The molecule has 0 aliphatic rings. The normalized spacial score (nSPS) is 11.8. The third-order valence-corrected chi connectivity index (χ3v) is 2.49. The predicted molar refractivity (Wildman–Crippen MR) is 84.1 cm³/mol. The van der Waals surface area contributed by atoms with Gasteiger partial charge in [0.15, 0.2) is 0 Å². The minimum absolute atomic E-state index is 0.380. The molecule has 0 amide bonds. The highest BCUT2D eigenvalue weighted by Gasteiger charge is 2.13. The first-order chi connectivity index (χ1) is 8.16. The van der Waals surface area contributed by atoms with Gasteiger partial charge in [-0.25, -0.2) is 0 Å². The van der Waals surface area contributed by atoms with Crippen molar-refractivity contribution in [3.63, 3.8) is 0 Å². The number of hydrogen-bond acceptors (Lipinski definition) is 0. The molecule has 18 heavy (non-hydrogen) atoms. The predicted octanol–water partition coefficient (Wildman–Crippen LogP) is 5.89. The Morgan fingerprint density at radius 1 is 0.611 bits per heavy atom. The van der Waals surface area contributed by atoms with E-state index in [-0.39, 0.29) is 0 Å². The van der Waals surface area contributed by atoms with Gasteiger partial charge in [0.25, 0.3) is 0 Å². The van der Waals surface area contributed by atoms with Crippen LogP contribution >= 0.6 is 0 Å². The average molecular weight is 248 g/mol. The topological polar surface area (TPSA) is 0 Å². The summed E-state index contributed by atoms with van der Waals surface area (Å²) in [5.74, 6) is 0. The summed E-state index contributed by atoms with van der Waals surface area (Å²) >= 11 is 0. The Hall–Kier alpha value is -0.780. The van der Waals surface area contributed by atoms with Crippen molar-refractivity contribution in [2.24, 2.45) is 10.8 Å². The van der Waals surface area contributed by atoms with Crippen molar-refractivity contribution < 1.29 is 0 Å². The zero-order valence-electron chi connectivity index (χ0n) is 13.7. The Morgan fingerprint density at radius 3 is 1.00 bits per heavy atom. The van der Waals surface area contributed by atoms with Crippen molar-refractivity contribution in [2.45, 2.75) is 68.2 Å². The lowest BCUT2D eigenvalue weighted by atomic mass is 9.85. The number of hydrogen-bond donors (Lipinski definition) is 0. The molecule has 0 aromatic heterocycles. The fourth-order valence-corrected chi connectivity index (χ4v) is 2.00. The molecule has 0 saturated carbocycles. The molecule has 0 spiro atoms. The quantitative estimate of drug-likeness (QED) is 0.612. The molecular weight excluding hydrogens is 216 g/mol. The molecule has 0 nitrogen and oxygen atoms in total. The fourth-order valence-electron chi connectivity index (χ4n) is 2.00. The molecule has 0 N–H and O–H groups in total. The summed E-state index contributed by atoms with van der Waals surface area (Å²) in [7, 11) is 0. The second-order valence-electron chi connectivity index (χ2n) is 7.29. The van der Waals surface area contributed by atoms with E-state index in [0.717, 1.165) is 12.8 Å². The first-order valence-electron chi connectivity index (χ1n) is 7.24. The molecule has 0 aliphatic heterocycles. The molecule has 104 valence electrons. The second-order valence-corrected chi connectivity index (χ2v) is 7.29. The molecule has 1 rings (SSSR count). The van der Waals surface area contributed by atoms with Gasteiger partial charge in [-0.2, -0.15) is 0 Å². The van der Waals surface area contributed by atoms with E-state index >= 15 is 0 Å². The van der Waals surface area contributed by atoms with Crippen LogP contribution in [0.15, 0.2) is 24.3 Å². The van der Waals surface area contributed by atoms with E-state index in [1.54, 1.807) is 0 Å². The van der Waals surface area contributed by atoms with Crippen molar-refractivity contribution in [2.75, 3.05) is 0 Å². The summed E-state index contributed by atoms with van der Waals surface area (Å²) < 4.78 is 0. The monoisotopic (exact) mass is 248 g/mol. The first kappa shape index (κ1) is 17.2. The van der Waals surface area contributed by atoms with Crippen molar-refractivity contribution in [3.8, 4) is 0 Å². The fraction of sp³-hybridized carbons (Fsp3) is 0.667. The van der Waals surface area contributed by atoms with Crippen LogP contribution in [0.1, 0.15) is 66.5 Å². The maximum Gasteiger partial charge on any atom is -0.0230 e. The summed E-state index contributed by atoms with van der Waals surface area (Å²) in [5, 5.41) is 0. The molecular formula is C18H32. The van der Waals surface area contributed by atoms with Gasteiger partial charge in [0.1, 0.15) is 0 Å². The lowest BCUT2D eigenvalue weighted by molar-refractivity contribution is 0.407. The van der Waals surface area contributed by atoms with Gasteiger partial charge in [0, 0.05) is 0 Å². The van der Waals surface area contributed by atoms with Gasteiger partial charge < -0.3 is 0 Å². The van der Waals surface area contributed by atoms with Crippen molar-refractivity contribution in [1.82, 2.24) is 0 Å². The maximum atomic E-state index is 2.29. The Kier molecular flexibility index (Phi) is 6.67. The van der Waals surface area contributed by atoms with Gasteiger partial charge in [-0.15, -0.1) is 0 Å². The average Bonchev–Trinajstić information content (AvgIpc) is 2.20. The summed E-state index contributed by atoms with van der Waals surface area (Å²) in [5.41, 5.74) is 3.66. The van der Waals surface area contributed by atoms with E-state index in [1.807, 2.05) is 13.8 Å². The third-order valence-electron chi connectivity index (χ3n) is 2.49. The SMILES string of the molecule is CC.CC(C)(C)Cc1ccc(CC(C)(C)C)cc1. The summed E-state index contributed by atoms with van der Waals surface area (Å²) in [6.45, 7) is 17.7. The van der Waals surface area contributed by atoms with E-state index in [2.05, 4.69) is 65.8 Å². The Balaban J connectivity index is 0.00000137. The highest BCUT2D eigenvalue weighted by Crippen LogP contribution is 2.23. The second kappa shape index (κ2) is 6.97. The van der Waals surface area contributed by atoms with E-state index in [4.69, 9.17) is 0 Å². The smallest absolute Gasteiger partial charge is 0.0230 e. The van der Waals surface area contributed by atoms with Crippen LogP contribution in [0, 0.1) is 10.8 Å². The van der Waals surface area contributed by atoms with Gasteiger partial charge in [-0.05, 0) is 34.8 Å². The van der Waals surface area contributed by atoms with Crippen LogP contribution in [0.4, 0.5) is 0 Å². The van der Waals surface area contributed by atoms with Crippen LogP contribution in [-0.4, -0.2) is 0 Å². The van der Waals surface area contributed by atoms with E-state index < -0.39 is 0 Å². The van der Waals surface area contributed by atoms with Crippen molar-refractivity contribution in [1.29, 1.82) is 0 Å². The largest absolute Gasteiger partial charge is 0.0683 e. The zero-order chi connectivity index (χ0) is 14.4. The van der Waals surface area contributed by atoms with E-state index in [1.165, 1.54) is 11.1 Å². The Bertz CT molecular complexity index is 282. The van der Waals surface area contributed by atoms with Crippen LogP contribution in [0.5, 0.6) is 0 Å². The molecule has 0 bridgehead atoms. The third kappa shape index (κ3) is 8.33. The van der Waals surface area contributed by atoms with Gasteiger partial charge >= 0.3 is 0 Å². The summed E-state index contributed by atoms with van der Waals surface area (Å²) in [6.07, 6.45) is 2.31. The lowest BCUT2D eigenvalue weighted by Crippen LogP contribution is -2.10. The highest BCUT2D eigenvalue weighted by molar-refractivity contribution is 5.24. The van der Waals surface area contributed by atoms with Gasteiger partial charge in [0.2, 0.25) is 0 Å². The highest BCUT2D eigenvalue weighted by atomic mass is 14.2. The van der Waals surface area contributed by atoms with E-state index in [0.29, 0.717) is 10.8 Å². The maximum absolute atomic E-state index is 2.29. The minimum atomic E-state index is 0.380. The van der Waals surface area contributed by atoms with Crippen LogP contribution in [-0.2, 0) is 12.8 Å². The van der Waals surface area contributed by atoms with Crippen LogP contribution in [0.3, 0.4) is 0 Å². The van der Waals surface area contributed by atoms with Crippen molar-refractivity contribution in [3.05, 3.63) is 35.4 Å². The number of rotatable bonds is 2. The van der Waals surface area contributed by atoms with Crippen LogP contribution < -0.4 is 0 Å². The molecule has 0 atom stereocenters.